The lowest BCUT2D eigenvalue weighted by Crippen LogP contribution is -2.37. The molecule has 0 radical (unpaired) electrons. The minimum Gasteiger partial charge on any atom is -0.350 e. The second-order valence-corrected chi connectivity index (χ2v) is 7.08. The van der Waals surface area contributed by atoms with Crippen molar-refractivity contribution in [3.63, 3.8) is 0 Å². The number of carbonyl (C=O) groups is 1. The van der Waals surface area contributed by atoms with Crippen LogP contribution in [-0.2, 0) is 0 Å². The van der Waals surface area contributed by atoms with Crippen molar-refractivity contribution in [3.8, 4) is 11.1 Å². The Morgan fingerprint density at radius 3 is 2.70 bits per heavy atom. The average molecular weight is 366 g/mol. The molecule has 2 aromatic carbocycles. The van der Waals surface area contributed by atoms with E-state index in [9.17, 15) is 9.18 Å². The Morgan fingerprint density at radius 2 is 1.96 bits per heavy atom. The zero-order chi connectivity index (χ0) is 18.8. The minimum atomic E-state index is -0.300. The maximum absolute atomic E-state index is 13.4. The van der Waals surface area contributed by atoms with Gasteiger partial charge in [-0.05, 0) is 49.2 Å². The van der Waals surface area contributed by atoms with Crippen LogP contribution in [0.1, 0.15) is 16.9 Å². The molecule has 2 atom stereocenters. The van der Waals surface area contributed by atoms with Crippen molar-refractivity contribution >= 4 is 16.8 Å². The first kappa shape index (κ1) is 17.7. The van der Waals surface area contributed by atoms with Gasteiger partial charge in [-0.2, -0.15) is 0 Å². The van der Waals surface area contributed by atoms with Crippen molar-refractivity contribution in [1.29, 1.82) is 0 Å². The highest BCUT2D eigenvalue weighted by atomic mass is 19.1. The lowest BCUT2D eigenvalue weighted by atomic mass is 10.0. The number of hydrogen-bond acceptors (Lipinski definition) is 3. The number of rotatable bonds is 5. The van der Waals surface area contributed by atoms with Crippen molar-refractivity contribution in [1.82, 2.24) is 15.6 Å². The molecule has 1 saturated heterocycles. The van der Waals surface area contributed by atoms with Crippen LogP contribution in [0.15, 0.2) is 48.5 Å². The van der Waals surface area contributed by atoms with E-state index in [-0.39, 0.29) is 17.8 Å². The van der Waals surface area contributed by atoms with Gasteiger partial charge in [0, 0.05) is 29.1 Å². The van der Waals surface area contributed by atoms with Gasteiger partial charge in [0.05, 0.1) is 0 Å². The van der Waals surface area contributed by atoms with Crippen molar-refractivity contribution in [2.45, 2.75) is 12.5 Å². The van der Waals surface area contributed by atoms with Crippen molar-refractivity contribution in [2.24, 2.45) is 11.7 Å². The number of aromatic nitrogens is 1. The van der Waals surface area contributed by atoms with Gasteiger partial charge < -0.3 is 21.4 Å². The summed E-state index contributed by atoms with van der Waals surface area (Å²) in [6.45, 7) is 2.10. The fraction of sp³-hybridized carbons (Fsp3) is 0.286. The molecule has 1 amide bonds. The maximum atomic E-state index is 13.4. The van der Waals surface area contributed by atoms with Gasteiger partial charge in [-0.15, -0.1) is 0 Å². The molecule has 0 spiro atoms. The summed E-state index contributed by atoms with van der Waals surface area (Å²) in [4.78, 5) is 16.1. The second kappa shape index (κ2) is 7.50. The summed E-state index contributed by atoms with van der Waals surface area (Å²) in [5.41, 5.74) is 8.70. The standard InChI is InChI=1S/C21H23FN4O/c22-15-7-5-14(6-8-15)19-17-3-1-2-4-18(17)26-20(19)21(27)25-12-16-9-13(10-23)11-24-16/h1-8,13,16,24,26H,9-12,23H2,(H,25,27)/t13-,16-/m0/s1. The summed E-state index contributed by atoms with van der Waals surface area (Å²) in [5.74, 6) is 0.00429. The molecular weight excluding hydrogens is 343 g/mol. The summed E-state index contributed by atoms with van der Waals surface area (Å²) >= 11 is 0. The molecule has 1 aliphatic heterocycles. The summed E-state index contributed by atoms with van der Waals surface area (Å²) in [6, 6.07) is 14.2. The van der Waals surface area contributed by atoms with E-state index in [1.807, 2.05) is 24.3 Å². The molecule has 27 heavy (non-hydrogen) atoms. The number of hydrogen-bond donors (Lipinski definition) is 4. The molecule has 2 heterocycles. The van der Waals surface area contributed by atoms with Gasteiger partial charge in [-0.1, -0.05) is 30.3 Å². The summed E-state index contributed by atoms with van der Waals surface area (Å²) in [7, 11) is 0. The molecule has 1 aromatic heterocycles. The Hall–Kier alpha value is -2.70. The first-order chi connectivity index (χ1) is 13.2. The van der Waals surface area contributed by atoms with E-state index in [2.05, 4.69) is 15.6 Å². The molecule has 140 valence electrons. The molecular formula is C21H23FN4O. The molecule has 3 aromatic rings. The van der Waals surface area contributed by atoms with Crippen LogP contribution in [-0.4, -0.2) is 36.6 Å². The monoisotopic (exact) mass is 366 g/mol. The molecule has 0 aliphatic carbocycles. The highest BCUT2D eigenvalue weighted by Gasteiger charge is 2.24. The first-order valence-electron chi connectivity index (χ1n) is 9.24. The zero-order valence-corrected chi connectivity index (χ0v) is 15.0. The summed E-state index contributed by atoms with van der Waals surface area (Å²) in [5, 5.41) is 7.36. The van der Waals surface area contributed by atoms with E-state index in [4.69, 9.17) is 5.73 Å². The number of para-hydroxylation sites is 1. The quantitative estimate of drug-likeness (QED) is 0.560. The lowest BCUT2D eigenvalue weighted by Gasteiger charge is -2.12. The Morgan fingerprint density at radius 1 is 1.19 bits per heavy atom. The van der Waals surface area contributed by atoms with Crippen LogP contribution in [0.3, 0.4) is 0 Å². The van der Waals surface area contributed by atoms with E-state index in [0.29, 0.717) is 24.7 Å². The van der Waals surface area contributed by atoms with Crippen LogP contribution in [0.2, 0.25) is 0 Å². The first-order valence-corrected chi connectivity index (χ1v) is 9.24. The third kappa shape index (κ3) is 3.59. The minimum absolute atomic E-state index is 0.163. The van der Waals surface area contributed by atoms with Gasteiger partial charge in [0.25, 0.3) is 5.91 Å². The van der Waals surface area contributed by atoms with Crippen LogP contribution in [0.5, 0.6) is 0 Å². The lowest BCUT2D eigenvalue weighted by molar-refractivity contribution is 0.0946. The van der Waals surface area contributed by atoms with Crippen LogP contribution in [0.25, 0.3) is 22.0 Å². The zero-order valence-electron chi connectivity index (χ0n) is 15.0. The van der Waals surface area contributed by atoms with Gasteiger partial charge in [-0.25, -0.2) is 4.39 Å². The molecule has 5 nitrogen and oxygen atoms in total. The molecule has 5 N–H and O–H groups in total. The van der Waals surface area contributed by atoms with Crippen LogP contribution in [0, 0.1) is 11.7 Å². The van der Waals surface area contributed by atoms with E-state index in [1.54, 1.807) is 12.1 Å². The predicted octanol–water partition coefficient (Wildman–Crippen LogP) is 2.64. The number of H-pyrrole nitrogens is 1. The molecule has 0 bridgehead atoms. The SMILES string of the molecule is NC[C@H]1CN[C@H](CNC(=O)c2[nH]c3ccccc3c2-c2ccc(F)cc2)C1. The predicted molar refractivity (Wildman–Crippen MR) is 105 cm³/mol. The Balaban J connectivity index is 1.62. The number of aromatic amines is 1. The van der Waals surface area contributed by atoms with Crippen LogP contribution >= 0.6 is 0 Å². The molecule has 6 heteroatoms. The normalized spacial score (nSPS) is 19.5. The van der Waals surface area contributed by atoms with E-state index >= 15 is 0 Å². The number of benzene rings is 2. The molecule has 1 fully saturated rings. The van der Waals surface area contributed by atoms with Crippen LogP contribution in [0.4, 0.5) is 4.39 Å². The number of amides is 1. The van der Waals surface area contributed by atoms with Gasteiger partial charge >= 0.3 is 0 Å². The number of nitrogens with two attached hydrogens (primary N) is 1. The van der Waals surface area contributed by atoms with E-state index in [1.165, 1.54) is 12.1 Å². The topological polar surface area (TPSA) is 82.9 Å². The van der Waals surface area contributed by atoms with Gasteiger partial charge in [0.15, 0.2) is 0 Å². The van der Waals surface area contributed by atoms with Gasteiger partial charge in [-0.3, -0.25) is 4.79 Å². The van der Waals surface area contributed by atoms with Crippen LogP contribution < -0.4 is 16.4 Å². The summed E-state index contributed by atoms with van der Waals surface area (Å²) in [6.07, 6.45) is 0.967. The van der Waals surface area contributed by atoms with Gasteiger partial charge in [0.1, 0.15) is 11.5 Å². The largest absolute Gasteiger partial charge is 0.350 e. The maximum Gasteiger partial charge on any atom is 0.268 e. The Labute approximate surface area is 157 Å². The molecule has 4 rings (SSSR count). The average Bonchev–Trinajstić information content (AvgIpc) is 3.31. The summed E-state index contributed by atoms with van der Waals surface area (Å²) < 4.78 is 13.4. The number of nitrogens with one attached hydrogen (secondary N) is 3. The van der Waals surface area contributed by atoms with E-state index in [0.717, 1.165) is 35.0 Å². The molecule has 0 unspecified atom stereocenters. The molecule has 0 saturated carbocycles. The smallest absolute Gasteiger partial charge is 0.268 e. The third-order valence-corrected chi connectivity index (χ3v) is 5.22. The Kier molecular flexibility index (Phi) is 4.92. The number of fused-ring (bicyclic) bond motifs is 1. The highest BCUT2D eigenvalue weighted by Crippen LogP contribution is 2.32. The van der Waals surface area contributed by atoms with Gasteiger partial charge in [0.2, 0.25) is 0 Å². The van der Waals surface area contributed by atoms with Crippen molar-refractivity contribution < 1.29 is 9.18 Å². The van der Waals surface area contributed by atoms with Crippen molar-refractivity contribution in [3.05, 3.63) is 60.0 Å². The fourth-order valence-corrected chi connectivity index (χ4v) is 3.77. The van der Waals surface area contributed by atoms with Crippen molar-refractivity contribution in [2.75, 3.05) is 19.6 Å². The second-order valence-electron chi connectivity index (χ2n) is 7.08. The highest BCUT2D eigenvalue weighted by molar-refractivity contribution is 6.09. The third-order valence-electron chi connectivity index (χ3n) is 5.22. The number of halogens is 1. The molecule has 1 aliphatic rings. The Bertz CT molecular complexity index is 950. The fourth-order valence-electron chi connectivity index (χ4n) is 3.77. The van der Waals surface area contributed by atoms with E-state index < -0.39 is 0 Å². The number of carbonyl (C=O) groups excluding carboxylic acids is 1.